The minimum atomic E-state index is -1.15. The normalized spacial score (nSPS) is 15.1. The van der Waals surface area contributed by atoms with E-state index in [0.717, 1.165) is 45.3 Å². The molecule has 1 atom stereocenters. The lowest BCUT2D eigenvalue weighted by molar-refractivity contribution is 0.627. The van der Waals surface area contributed by atoms with Crippen molar-refractivity contribution in [2.45, 2.75) is 22.9 Å². The van der Waals surface area contributed by atoms with Crippen LogP contribution in [-0.4, -0.2) is 26.1 Å². The number of nitrogens with zero attached hydrogens (tertiary/aromatic N) is 3. The number of aromatic nitrogens is 2. The molecule has 30 heavy (non-hydrogen) atoms. The van der Waals surface area contributed by atoms with Crippen molar-refractivity contribution < 1.29 is 8.60 Å². The molecular weight excluding hydrogens is 441 g/mol. The second kappa shape index (κ2) is 9.20. The molecule has 0 N–H and O–H groups in total. The Hall–Kier alpha value is -2.35. The fourth-order valence-corrected chi connectivity index (χ4v) is 4.55. The van der Waals surface area contributed by atoms with Gasteiger partial charge in [-0.3, -0.25) is 9.20 Å². The zero-order valence-corrected chi connectivity index (χ0v) is 18.4. The predicted octanol–water partition coefficient (Wildman–Crippen LogP) is 5.75. The van der Waals surface area contributed by atoms with E-state index in [1.165, 1.54) is 12.1 Å². The summed E-state index contributed by atoms with van der Waals surface area (Å²) in [7, 11) is -1.15. The summed E-state index contributed by atoms with van der Waals surface area (Å²) >= 11 is 7.49. The van der Waals surface area contributed by atoms with Crippen LogP contribution >= 0.6 is 23.4 Å². The molecule has 8 heteroatoms. The molecule has 0 spiro atoms. The molecule has 3 aromatic rings. The van der Waals surface area contributed by atoms with Crippen LogP contribution in [0, 0.1) is 5.82 Å². The number of aliphatic imine (C=N–C) groups is 1. The van der Waals surface area contributed by atoms with Crippen molar-refractivity contribution in [3.05, 3.63) is 87.8 Å². The molecule has 0 saturated heterocycles. The van der Waals surface area contributed by atoms with Gasteiger partial charge in [-0.2, -0.15) is 0 Å². The monoisotopic (exact) mass is 457 g/mol. The van der Waals surface area contributed by atoms with E-state index in [2.05, 4.69) is 9.97 Å². The summed E-state index contributed by atoms with van der Waals surface area (Å²) in [5, 5.41) is 1.93. The first kappa shape index (κ1) is 20.9. The number of pyridine rings is 2. The Labute approximate surface area is 185 Å². The first-order chi connectivity index (χ1) is 14.5. The van der Waals surface area contributed by atoms with Gasteiger partial charge in [0, 0.05) is 34.8 Å². The number of halogens is 2. The van der Waals surface area contributed by atoms with E-state index in [-0.39, 0.29) is 5.82 Å². The van der Waals surface area contributed by atoms with Crippen LogP contribution in [0.25, 0.3) is 5.70 Å². The van der Waals surface area contributed by atoms with Gasteiger partial charge in [0.2, 0.25) is 0 Å². The van der Waals surface area contributed by atoms with Crippen LogP contribution in [0.1, 0.15) is 24.0 Å². The van der Waals surface area contributed by atoms with E-state index in [1.54, 1.807) is 54.7 Å². The topological polar surface area (TPSA) is 55.2 Å². The fourth-order valence-electron chi connectivity index (χ4n) is 3.02. The van der Waals surface area contributed by atoms with Crippen molar-refractivity contribution in [3.8, 4) is 0 Å². The third kappa shape index (κ3) is 4.86. The predicted molar refractivity (Wildman–Crippen MR) is 121 cm³/mol. The van der Waals surface area contributed by atoms with Crippen LogP contribution in [0.3, 0.4) is 0 Å². The van der Waals surface area contributed by atoms with Gasteiger partial charge in [-0.05, 0) is 54.8 Å². The maximum atomic E-state index is 13.3. The third-order valence-electron chi connectivity index (χ3n) is 4.51. The summed E-state index contributed by atoms with van der Waals surface area (Å²) in [6.07, 6.45) is 6.41. The van der Waals surface area contributed by atoms with Crippen molar-refractivity contribution in [2.75, 3.05) is 6.26 Å². The van der Waals surface area contributed by atoms with Gasteiger partial charge in [0.15, 0.2) is 0 Å². The van der Waals surface area contributed by atoms with E-state index in [4.69, 9.17) is 16.6 Å². The van der Waals surface area contributed by atoms with Gasteiger partial charge in [-0.15, -0.1) is 0 Å². The minimum Gasteiger partial charge on any atom is -0.253 e. The van der Waals surface area contributed by atoms with Crippen molar-refractivity contribution in [1.82, 2.24) is 9.97 Å². The lowest BCUT2D eigenvalue weighted by atomic mass is 10.0. The largest absolute Gasteiger partial charge is 0.253 e. The van der Waals surface area contributed by atoms with Gasteiger partial charge in [0.1, 0.15) is 15.9 Å². The molecule has 2 aromatic heterocycles. The highest BCUT2D eigenvalue weighted by Crippen LogP contribution is 2.39. The van der Waals surface area contributed by atoms with E-state index in [1.807, 2.05) is 12.1 Å². The van der Waals surface area contributed by atoms with Crippen LogP contribution in [0.2, 0.25) is 5.02 Å². The van der Waals surface area contributed by atoms with Gasteiger partial charge in [-0.25, -0.2) is 14.4 Å². The highest BCUT2D eigenvalue weighted by atomic mass is 35.5. The maximum Gasteiger partial charge on any atom is 0.126 e. The van der Waals surface area contributed by atoms with Gasteiger partial charge < -0.3 is 0 Å². The van der Waals surface area contributed by atoms with Crippen molar-refractivity contribution in [3.63, 3.8) is 0 Å². The number of hydrogen-bond acceptors (Lipinski definition) is 5. The lowest BCUT2D eigenvalue weighted by Crippen LogP contribution is -2.08. The Morgan fingerprint density at radius 2 is 1.73 bits per heavy atom. The number of hydrogen-bond donors (Lipinski definition) is 0. The third-order valence-corrected chi connectivity index (χ3v) is 6.66. The average molecular weight is 458 g/mol. The van der Waals surface area contributed by atoms with Crippen molar-refractivity contribution in [2.24, 2.45) is 4.99 Å². The van der Waals surface area contributed by atoms with Gasteiger partial charge in [-0.1, -0.05) is 35.5 Å². The average Bonchev–Trinajstić information content (AvgIpc) is 2.76. The van der Waals surface area contributed by atoms with Crippen LogP contribution in [0.5, 0.6) is 0 Å². The zero-order chi connectivity index (χ0) is 21.1. The highest BCUT2D eigenvalue weighted by Gasteiger charge is 2.20. The second-order valence-electron chi connectivity index (χ2n) is 6.59. The van der Waals surface area contributed by atoms with E-state index < -0.39 is 10.8 Å². The number of allylic oxidation sites excluding steroid dienone is 1. The first-order valence-electron chi connectivity index (χ1n) is 9.15. The summed E-state index contributed by atoms with van der Waals surface area (Å²) < 4.78 is 25.0. The molecule has 3 heterocycles. The standard InChI is InChI=1S/C22H17ClFN3OS2/c1-30(28)21-11-4-15(12-26-21)22-19(29-20-10-5-16(23)13-25-20)9-8-18(27-22)14-2-6-17(24)7-3-14/h2-7,10-13H,8-9H2,1H3. The summed E-state index contributed by atoms with van der Waals surface area (Å²) in [5.74, 6) is -0.275. The van der Waals surface area contributed by atoms with Crippen molar-refractivity contribution >= 4 is 45.6 Å². The molecular formula is C22H17ClFN3OS2. The first-order valence-corrected chi connectivity index (χ1v) is 11.9. The summed E-state index contributed by atoms with van der Waals surface area (Å²) in [6.45, 7) is 0. The zero-order valence-electron chi connectivity index (χ0n) is 16.0. The van der Waals surface area contributed by atoms with E-state index >= 15 is 0 Å². The number of rotatable bonds is 5. The SMILES string of the molecule is CS(=O)c1ccc(C2=C(Sc3ccc(Cl)cn3)CCC(c3ccc(F)cc3)=N2)cn1. The quantitative estimate of drug-likeness (QED) is 0.489. The molecule has 0 saturated carbocycles. The molecule has 0 radical (unpaired) electrons. The molecule has 0 aliphatic carbocycles. The Bertz CT molecular complexity index is 1140. The summed E-state index contributed by atoms with van der Waals surface area (Å²) in [4.78, 5) is 14.7. The summed E-state index contributed by atoms with van der Waals surface area (Å²) in [6, 6.07) is 13.7. The fraction of sp³-hybridized carbons (Fsp3) is 0.136. The molecule has 0 bridgehead atoms. The Balaban J connectivity index is 1.76. The summed E-state index contributed by atoms with van der Waals surface area (Å²) in [5.41, 5.74) is 3.41. The van der Waals surface area contributed by atoms with Crippen LogP contribution in [0.15, 0.2) is 80.9 Å². The number of benzene rings is 1. The molecule has 1 aliphatic rings. The number of thioether (sulfide) groups is 1. The molecule has 1 unspecified atom stereocenters. The smallest absolute Gasteiger partial charge is 0.126 e. The molecule has 1 aromatic carbocycles. The van der Waals surface area contributed by atoms with Crippen LogP contribution in [0.4, 0.5) is 4.39 Å². The van der Waals surface area contributed by atoms with Crippen LogP contribution < -0.4 is 0 Å². The van der Waals surface area contributed by atoms with E-state index in [9.17, 15) is 8.60 Å². The lowest BCUT2D eigenvalue weighted by Gasteiger charge is -2.19. The minimum absolute atomic E-state index is 0.275. The van der Waals surface area contributed by atoms with Crippen molar-refractivity contribution in [1.29, 1.82) is 0 Å². The molecule has 0 fully saturated rings. The Kier molecular flexibility index (Phi) is 6.41. The Morgan fingerprint density at radius 3 is 2.37 bits per heavy atom. The van der Waals surface area contributed by atoms with Gasteiger partial charge in [0.05, 0.1) is 21.5 Å². The van der Waals surface area contributed by atoms with E-state index in [0.29, 0.717) is 10.0 Å². The molecule has 0 amide bonds. The van der Waals surface area contributed by atoms with Gasteiger partial charge >= 0.3 is 0 Å². The van der Waals surface area contributed by atoms with Crippen LogP contribution in [-0.2, 0) is 10.8 Å². The molecule has 152 valence electrons. The maximum absolute atomic E-state index is 13.3. The second-order valence-corrected chi connectivity index (χ2v) is 9.47. The molecule has 4 rings (SSSR count). The molecule has 4 nitrogen and oxygen atoms in total. The Morgan fingerprint density at radius 1 is 0.967 bits per heavy atom. The van der Waals surface area contributed by atoms with Gasteiger partial charge in [0.25, 0.3) is 0 Å². The highest BCUT2D eigenvalue weighted by molar-refractivity contribution is 8.03. The molecule has 1 aliphatic heterocycles.